The molecule has 2 aromatic rings. The molecule has 7 nitrogen and oxygen atoms in total. The molecule has 0 aromatic carbocycles. The lowest BCUT2D eigenvalue weighted by molar-refractivity contribution is 0.376. The molecule has 22 heavy (non-hydrogen) atoms. The Kier molecular flexibility index (Phi) is 4.87. The molecule has 8 heteroatoms. The lowest BCUT2D eigenvalue weighted by Gasteiger charge is -2.29. The van der Waals surface area contributed by atoms with Gasteiger partial charge < -0.3 is 20.5 Å². The number of hydrogen-bond donors (Lipinski definition) is 2. The summed E-state index contributed by atoms with van der Waals surface area (Å²) in [4.78, 5) is 11.0. The molecule has 0 aliphatic carbocycles. The lowest BCUT2D eigenvalue weighted by Crippen LogP contribution is -2.44. The molecule has 0 bridgehead atoms. The Morgan fingerprint density at radius 3 is 2.91 bits per heavy atom. The third kappa shape index (κ3) is 3.37. The summed E-state index contributed by atoms with van der Waals surface area (Å²) < 4.78 is 5.20. The summed E-state index contributed by atoms with van der Waals surface area (Å²) in [6.07, 6.45) is 3.24. The van der Waals surface area contributed by atoms with E-state index in [1.165, 1.54) is 0 Å². The number of pyridine rings is 1. The van der Waals surface area contributed by atoms with Crippen molar-refractivity contribution in [2.24, 2.45) is 5.73 Å². The number of nitrogens with two attached hydrogens (primary N) is 1. The Balaban J connectivity index is 1.77. The molecule has 2 aromatic heterocycles. The van der Waals surface area contributed by atoms with E-state index in [0.717, 1.165) is 44.0 Å². The fraction of sp³-hybridized carbons (Fsp3) is 0.500. The number of aryl methyl sites for hydroxylation is 1. The van der Waals surface area contributed by atoms with Crippen molar-refractivity contribution in [1.29, 1.82) is 0 Å². The Morgan fingerprint density at radius 1 is 1.36 bits per heavy atom. The lowest BCUT2D eigenvalue weighted by atomic mass is 10.2. The van der Waals surface area contributed by atoms with Crippen LogP contribution in [0.5, 0.6) is 0 Å². The standard InChI is InChI=1S/C14H19ClN6O/c15-11-8-10(13-19-12(22-20-13)2-1-3-16)9-18-14(11)21-6-4-17-5-7-21/h8-9,17H,1-7,16H2. The summed E-state index contributed by atoms with van der Waals surface area (Å²) >= 11 is 6.38. The van der Waals surface area contributed by atoms with Gasteiger partial charge in [0.1, 0.15) is 5.82 Å². The van der Waals surface area contributed by atoms with Gasteiger partial charge in [-0.05, 0) is 19.0 Å². The molecule has 1 saturated heterocycles. The van der Waals surface area contributed by atoms with E-state index in [2.05, 4.69) is 25.3 Å². The fourth-order valence-electron chi connectivity index (χ4n) is 2.39. The highest BCUT2D eigenvalue weighted by Crippen LogP contribution is 2.28. The van der Waals surface area contributed by atoms with E-state index in [4.69, 9.17) is 21.9 Å². The smallest absolute Gasteiger partial charge is 0.227 e. The van der Waals surface area contributed by atoms with Crippen LogP contribution in [0.15, 0.2) is 16.8 Å². The second-order valence-electron chi connectivity index (χ2n) is 5.17. The number of hydrogen-bond acceptors (Lipinski definition) is 7. The summed E-state index contributed by atoms with van der Waals surface area (Å²) in [5, 5.41) is 7.88. The molecule has 118 valence electrons. The first-order chi connectivity index (χ1) is 10.8. The van der Waals surface area contributed by atoms with Crippen molar-refractivity contribution in [3.8, 4) is 11.4 Å². The van der Waals surface area contributed by atoms with Crippen molar-refractivity contribution in [2.75, 3.05) is 37.6 Å². The number of nitrogens with one attached hydrogen (secondary N) is 1. The van der Waals surface area contributed by atoms with Crippen LogP contribution < -0.4 is 16.0 Å². The summed E-state index contributed by atoms with van der Waals surface area (Å²) in [5.41, 5.74) is 6.23. The van der Waals surface area contributed by atoms with Crippen molar-refractivity contribution in [3.05, 3.63) is 23.2 Å². The molecule has 0 saturated carbocycles. The van der Waals surface area contributed by atoms with Gasteiger partial charge in [-0.2, -0.15) is 4.98 Å². The van der Waals surface area contributed by atoms with E-state index in [1.807, 2.05) is 6.07 Å². The monoisotopic (exact) mass is 322 g/mol. The molecule has 0 unspecified atom stereocenters. The minimum absolute atomic E-state index is 0.508. The van der Waals surface area contributed by atoms with Crippen LogP contribution in [0.4, 0.5) is 5.82 Å². The molecule has 0 spiro atoms. The molecular formula is C14H19ClN6O. The molecule has 3 heterocycles. The predicted molar refractivity (Wildman–Crippen MR) is 85.0 cm³/mol. The Labute approximate surface area is 133 Å². The summed E-state index contributed by atoms with van der Waals surface area (Å²) in [5.74, 6) is 1.90. The van der Waals surface area contributed by atoms with E-state index < -0.39 is 0 Å². The number of rotatable bonds is 5. The molecule has 1 aliphatic heterocycles. The molecule has 0 atom stereocenters. The van der Waals surface area contributed by atoms with Gasteiger partial charge in [-0.15, -0.1) is 0 Å². The van der Waals surface area contributed by atoms with Gasteiger partial charge in [0.05, 0.1) is 5.02 Å². The maximum Gasteiger partial charge on any atom is 0.227 e. The van der Waals surface area contributed by atoms with Crippen LogP contribution >= 0.6 is 11.6 Å². The van der Waals surface area contributed by atoms with Crippen molar-refractivity contribution >= 4 is 17.4 Å². The van der Waals surface area contributed by atoms with E-state index in [1.54, 1.807) is 6.20 Å². The molecule has 1 aliphatic rings. The Hall–Kier alpha value is -1.70. The van der Waals surface area contributed by atoms with E-state index in [-0.39, 0.29) is 0 Å². The zero-order chi connectivity index (χ0) is 15.4. The summed E-state index contributed by atoms with van der Waals surface area (Å²) in [6, 6.07) is 1.84. The van der Waals surface area contributed by atoms with Gasteiger partial charge in [-0.3, -0.25) is 0 Å². The highest BCUT2D eigenvalue weighted by atomic mass is 35.5. The Morgan fingerprint density at radius 2 is 2.18 bits per heavy atom. The highest BCUT2D eigenvalue weighted by molar-refractivity contribution is 6.33. The van der Waals surface area contributed by atoms with Crippen LogP contribution in [-0.2, 0) is 6.42 Å². The molecule has 0 amide bonds. The van der Waals surface area contributed by atoms with Gasteiger partial charge in [-0.25, -0.2) is 4.98 Å². The number of nitrogens with zero attached hydrogens (tertiary/aromatic N) is 4. The van der Waals surface area contributed by atoms with Crippen LogP contribution in [0.1, 0.15) is 12.3 Å². The molecule has 3 rings (SSSR count). The number of piperazine rings is 1. The quantitative estimate of drug-likeness (QED) is 0.851. The molecular weight excluding hydrogens is 304 g/mol. The van der Waals surface area contributed by atoms with Gasteiger partial charge in [-0.1, -0.05) is 16.8 Å². The number of anilines is 1. The van der Waals surface area contributed by atoms with Gasteiger partial charge in [0.15, 0.2) is 0 Å². The topological polar surface area (TPSA) is 93.1 Å². The minimum Gasteiger partial charge on any atom is -0.353 e. The Bertz CT molecular complexity index is 626. The maximum atomic E-state index is 6.38. The number of aromatic nitrogens is 3. The van der Waals surface area contributed by atoms with E-state index in [0.29, 0.717) is 29.7 Å². The first-order valence-electron chi connectivity index (χ1n) is 7.42. The maximum absolute atomic E-state index is 6.38. The van der Waals surface area contributed by atoms with E-state index in [9.17, 15) is 0 Å². The zero-order valence-corrected chi connectivity index (χ0v) is 13.0. The van der Waals surface area contributed by atoms with Gasteiger partial charge in [0, 0.05) is 44.4 Å². The van der Waals surface area contributed by atoms with Crippen LogP contribution in [0.3, 0.4) is 0 Å². The van der Waals surface area contributed by atoms with Crippen molar-refractivity contribution in [3.63, 3.8) is 0 Å². The van der Waals surface area contributed by atoms with Gasteiger partial charge in [0.2, 0.25) is 11.7 Å². The van der Waals surface area contributed by atoms with Crippen LogP contribution in [-0.4, -0.2) is 47.8 Å². The first-order valence-corrected chi connectivity index (χ1v) is 7.80. The fourth-order valence-corrected chi connectivity index (χ4v) is 2.68. The predicted octanol–water partition coefficient (Wildman–Crippen LogP) is 1.09. The number of halogens is 1. The average Bonchev–Trinajstić information content (AvgIpc) is 3.02. The normalized spacial score (nSPS) is 15.3. The molecule has 3 N–H and O–H groups in total. The highest BCUT2D eigenvalue weighted by Gasteiger charge is 2.17. The second-order valence-corrected chi connectivity index (χ2v) is 5.58. The third-order valence-electron chi connectivity index (χ3n) is 3.56. The van der Waals surface area contributed by atoms with Crippen molar-refractivity contribution in [1.82, 2.24) is 20.4 Å². The average molecular weight is 323 g/mol. The zero-order valence-electron chi connectivity index (χ0n) is 12.3. The second kappa shape index (κ2) is 7.04. The SMILES string of the molecule is NCCCc1nc(-c2cnc(N3CCNCC3)c(Cl)c2)no1. The van der Waals surface area contributed by atoms with Crippen LogP contribution in [0.2, 0.25) is 5.02 Å². The van der Waals surface area contributed by atoms with Crippen molar-refractivity contribution < 1.29 is 4.52 Å². The molecule has 1 fully saturated rings. The van der Waals surface area contributed by atoms with Crippen LogP contribution in [0.25, 0.3) is 11.4 Å². The third-order valence-corrected chi connectivity index (χ3v) is 3.84. The molecule has 0 radical (unpaired) electrons. The summed E-state index contributed by atoms with van der Waals surface area (Å²) in [6.45, 7) is 4.28. The van der Waals surface area contributed by atoms with Crippen molar-refractivity contribution in [2.45, 2.75) is 12.8 Å². The largest absolute Gasteiger partial charge is 0.353 e. The van der Waals surface area contributed by atoms with Crippen LogP contribution in [0, 0.1) is 0 Å². The van der Waals surface area contributed by atoms with Gasteiger partial charge in [0.25, 0.3) is 0 Å². The first kappa shape index (κ1) is 15.2. The van der Waals surface area contributed by atoms with Gasteiger partial charge >= 0.3 is 0 Å². The summed E-state index contributed by atoms with van der Waals surface area (Å²) in [7, 11) is 0. The minimum atomic E-state index is 0.508. The van der Waals surface area contributed by atoms with E-state index >= 15 is 0 Å².